The van der Waals surface area contributed by atoms with Gasteiger partial charge in [-0.25, -0.2) is 9.97 Å². The Morgan fingerprint density at radius 1 is 0.528 bits per heavy atom. The lowest BCUT2D eigenvalue weighted by atomic mass is 10.1. The van der Waals surface area contributed by atoms with Crippen molar-refractivity contribution in [3.8, 4) is 36.0 Å². The van der Waals surface area contributed by atoms with E-state index in [0.29, 0.717) is 54.9 Å². The molecule has 4 aromatic heterocycles. The van der Waals surface area contributed by atoms with Crippen LogP contribution in [-0.2, 0) is 0 Å². The van der Waals surface area contributed by atoms with E-state index in [1.165, 1.54) is 33.1 Å². The Hall–Kier alpha value is -6.10. The summed E-state index contributed by atoms with van der Waals surface area (Å²) in [4.78, 5) is 9.18. The smallest absolute Gasteiger partial charge is 0.205 e. The van der Waals surface area contributed by atoms with Crippen molar-refractivity contribution >= 4 is 54.9 Å². The number of aromatic nitrogens is 4. The Labute approximate surface area is 199 Å². The summed E-state index contributed by atoms with van der Waals surface area (Å²) in [6, 6.07) is 17.4. The maximum Gasteiger partial charge on any atom is 0.205 e. The Morgan fingerprint density at radius 2 is 0.889 bits per heavy atom. The molecule has 0 aliphatic rings. The van der Waals surface area contributed by atoms with Gasteiger partial charge in [0.1, 0.15) is 35.6 Å². The van der Waals surface area contributed by atoms with E-state index >= 15 is 0 Å². The molecular formula is C26H8N8O2. The lowest BCUT2D eigenvalue weighted by Crippen LogP contribution is -1.86. The molecule has 0 radical (unpaired) electrons. The summed E-state index contributed by atoms with van der Waals surface area (Å²) < 4.78 is 3.02. The van der Waals surface area contributed by atoms with Crippen molar-refractivity contribution in [2.45, 2.75) is 0 Å². The predicted octanol–water partition coefficient (Wildman–Crippen LogP) is 3.93. The van der Waals surface area contributed by atoms with Gasteiger partial charge in [0, 0.05) is 21.5 Å². The van der Waals surface area contributed by atoms with Crippen LogP contribution >= 0.6 is 0 Å². The van der Waals surface area contributed by atoms with Gasteiger partial charge in [-0.15, -0.1) is 0 Å². The van der Waals surface area contributed by atoms with E-state index in [-0.39, 0.29) is 34.0 Å². The van der Waals surface area contributed by atoms with Crippen molar-refractivity contribution in [3.05, 3.63) is 58.7 Å². The summed E-state index contributed by atoms with van der Waals surface area (Å²) >= 11 is 0. The summed E-state index contributed by atoms with van der Waals surface area (Å²) in [5, 5.41) is 61.9. The number of fused-ring (bicyclic) bond motifs is 10. The molecule has 10 heteroatoms. The first kappa shape index (κ1) is 19.4. The summed E-state index contributed by atoms with van der Waals surface area (Å²) in [5.41, 5.74) is 3.39. The number of rotatable bonds is 0. The van der Waals surface area contributed by atoms with E-state index in [1.54, 1.807) is 12.1 Å². The highest BCUT2D eigenvalue weighted by Crippen LogP contribution is 2.42. The lowest BCUT2D eigenvalue weighted by Gasteiger charge is -1.98. The molecule has 0 atom stereocenters. The maximum absolute atomic E-state index is 11.2. The standard InChI is InChI=1S/C26H8N8O2/c27-7-11-1-19-21(3-13(11)9-29)33-23(31-19)15-5-18-16(6-17(15)25(33)35)24-32-20-2-12(8-28)14(10-30)4-22(20)34(24)26(18)36/h1-6,35-36H. The largest absolute Gasteiger partial charge is 0.494 e. The lowest BCUT2D eigenvalue weighted by molar-refractivity contribution is 0.456. The molecule has 0 saturated heterocycles. The Morgan fingerprint density at radius 3 is 1.25 bits per heavy atom. The Balaban J connectivity index is 1.62. The first-order chi connectivity index (χ1) is 17.5. The monoisotopic (exact) mass is 464 g/mol. The molecule has 0 unspecified atom stereocenters. The number of aromatic hydroxyl groups is 2. The van der Waals surface area contributed by atoms with Gasteiger partial charge in [0.05, 0.1) is 44.3 Å². The zero-order valence-corrected chi connectivity index (χ0v) is 17.9. The number of hydrogen-bond acceptors (Lipinski definition) is 8. The van der Waals surface area contributed by atoms with Crippen molar-refractivity contribution in [2.75, 3.05) is 0 Å². The van der Waals surface area contributed by atoms with Crippen molar-refractivity contribution in [1.82, 2.24) is 18.8 Å². The molecule has 0 bridgehead atoms. The summed E-state index contributed by atoms with van der Waals surface area (Å²) in [6.07, 6.45) is 0. The Bertz CT molecular complexity index is 2170. The molecule has 7 rings (SSSR count). The zero-order chi connectivity index (χ0) is 24.9. The molecule has 0 spiro atoms. The van der Waals surface area contributed by atoms with Gasteiger partial charge in [0.15, 0.2) is 0 Å². The molecule has 164 valence electrons. The van der Waals surface area contributed by atoms with Crippen molar-refractivity contribution < 1.29 is 10.2 Å². The number of benzene rings is 3. The van der Waals surface area contributed by atoms with Gasteiger partial charge >= 0.3 is 0 Å². The van der Waals surface area contributed by atoms with Crippen LogP contribution in [-0.4, -0.2) is 29.0 Å². The van der Waals surface area contributed by atoms with Crippen LogP contribution in [0.4, 0.5) is 0 Å². The van der Waals surface area contributed by atoms with Gasteiger partial charge in [0.25, 0.3) is 0 Å². The predicted molar refractivity (Wildman–Crippen MR) is 127 cm³/mol. The molecule has 0 aliphatic carbocycles. The minimum absolute atomic E-state index is 0.105. The SMILES string of the molecule is N#Cc1cc2nc3c4cc5c(O)n6c7cc(C#N)c(C#N)cc7nc6c5cc4c(O)n3c2cc1C#N. The Kier molecular flexibility index (Phi) is 3.37. The second-order valence-electron chi connectivity index (χ2n) is 8.35. The van der Waals surface area contributed by atoms with Crippen LogP contribution in [0.2, 0.25) is 0 Å². The molecule has 10 nitrogen and oxygen atoms in total. The fourth-order valence-electron chi connectivity index (χ4n) is 4.99. The van der Waals surface area contributed by atoms with E-state index in [0.717, 1.165) is 0 Å². The number of hydrogen-bond donors (Lipinski definition) is 2. The van der Waals surface area contributed by atoms with Gasteiger partial charge < -0.3 is 10.2 Å². The van der Waals surface area contributed by atoms with E-state index in [4.69, 9.17) is 0 Å². The molecule has 3 aromatic carbocycles. The van der Waals surface area contributed by atoms with Crippen LogP contribution in [0.1, 0.15) is 22.3 Å². The molecule has 2 N–H and O–H groups in total. The average Bonchev–Trinajstić information content (AvgIpc) is 3.60. The van der Waals surface area contributed by atoms with Crippen molar-refractivity contribution in [2.24, 2.45) is 0 Å². The molecule has 0 amide bonds. The first-order valence-electron chi connectivity index (χ1n) is 10.5. The minimum Gasteiger partial charge on any atom is -0.494 e. The summed E-state index contributed by atoms with van der Waals surface area (Å²) in [6.45, 7) is 0. The van der Waals surface area contributed by atoms with Crippen LogP contribution in [0.3, 0.4) is 0 Å². The third-order valence-corrected chi connectivity index (χ3v) is 6.61. The van der Waals surface area contributed by atoms with Crippen molar-refractivity contribution in [3.63, 3.8) is 0 Å². The first-order valence-corrected chi connectivity index (χ1v) is 10.5. The second-order valence-corrected chi connectivity index (χ2v) is 8.35. The van der Waals surface area contributed by atoms with Crippen LogP contribution in [0, 0.1) is 45.3 Å². The van der Waals surface area contributed by atoms with Crippen LogP contribution in [0.15, 0.2) is 36.4 Å². The highest BCUT2D eigenvalue weighted by atomic mass is 16.3. The minimum atomic E-state index is -0.105. The average molecular weight is 464 g/mol. The topological polar surface area (TPSA) is 170 Å². The highest BCUT2D eigenvalue weighted by molar-refractivity contribution is 6.15. The molecule has 4 heterocycles. The molecular weight excluding hydrogens is 456 g/mol. The molecule has 7 aromatic rings. The molecule has 0 fully saturated rings. The highest BCUT2D eigenvalue weighted by Gasteiger charge is 2.23. The fraction of sp³-hybridized carbons (Fsp3) is 0. The zero-order valence-electron chi connectivity index (χ0n) is 17.9. The fourth-order valence-corrected chi connectivity index (χ4v) is 4.99. The van der Waals surface area contributed by atoms with Crippen LogP contribution < -0.4 is 0 Å². The molecule has 0 saturated carbocycles. The van der Waals surface area contributed by atoms with E-state index < -0.39 is 0 Å². The normalized spacial score (nSPS) is 11.4. The number of nitriles is 4. The van der Waals surface area contributed by atoms with Gasteiger partial charge in [-0.1, -0.05) is 0 Å². The van der Waals surface area contributed by atoms with Gasteiger partial charge in [-0.3, -0.25) is 8.80 Å². The van der Waals surface area contributed by atoms with Crippen LogP contribution in [0.5, 0.6) is 11.8 Å². The van der Waals surface area contributed by atoms with E-state index in [1.807, 2.05) is 24.3 Å². The third-order valence-electron chi connectivity index (χ3n) is 6.61. The van der Waals surface area contributed by atoms with E-state index in [2.05, 4.69) is 9.97 Å². The van der Waals surface area contributed by atoms with Gasteiger partial charge in [-0.05, 0) is 36.4 Å². The van der Waals surface area contributed by atoms with Crippen molar-refractivity contribution in [1.29, 1.82) is 21.0 Å². The quantitative estimate of drug-likeness (QED) is 0.340. The molecule has 36 heavy (non-hydrogen) atoms. The summed E-state index contributed by atoms with van der Waals surface area (Å²) in [7, 11) is 0. The van der Waals surface area contributed by atoms with Gasteiger partial charge in [-0.2, -0.15) is 21.0 Å². The maximum atomic E-state index is 11.2. The summed E-state index contributed by atoms with van der Waals surface area (Å²) in [5.74, 6) is -0.210. The van der Waals surface area contributed by atoms with E-state index in [9.17, 15) is 31.3 Å². The molecule has 0 aliphatic heterocycles. The number of imidazole rings is 2. The third kappa shape index (κ3) is 2.11. The number of nitrogens with zero attached hydrogens (tertiary/aromatic N) is 8. The second kappa shape index (κ2) is 6.27. The van der Waals surface area contributed by atoms with Crippen LogP contribution in [0.25, 0.3) is 54.9 Å². The van der Waals surface area contributed by atoms with Gasteiger partial charge in [0.2, 0.25) is 11.8 Å².